The second kappa shape index (κ2) is 3.33. The van der Waals surface area contributed by atoms with Crippen LogP contribution >= 0.6 is 0 Å². The van der Waals surface area contributed by atoms with Crippen molar-refractivity contribution < 1.29 is 4.79 Å². The number of rotatable bonds is 0. The van der Waals surface area contributed by atoms with Crippen molar-refractivity contribution in [1.82, 2.24) is 9.88 Å². The van der Waals surface area contributed by atoms with Crippen LogP contribution in [0.2, 0.25) is 0 Å². The molecule has 1 aliphatic carbocycles. The lowest BCUT2D eigenvalue weighted by atomic mass is 9.82. The molecule has 1 atom stereocenters. The Hall–Kier alpha value is -1.87. The van der Waals surface area contributed by atoms with Gasteiger partial charge in [0.25, 0.3) is 0 Å². The maximum absolute atomic E-state index is 11.8. The Morgan fingerprint density at radius 2 is 2.28 bits per heavy atom. The summed E-state index contributed by atoms with van der Waals surface area (Å²) in [6.45, 7) is 0.532. The standard InChI is InChI=1S/C15H14N2O/c1-17-8-10(18)6-12-11-3-2-4-13-15(11)9(7-16-13)5-14(12)17/h2-4,6-7,14,16H,5,8H2,1H3/t14-/m0/s1. The van der Waals surface area contributed by atoms with Gasteiger partial charge in [0.15, 0.2) is 5.78 Å². The normalized spacial score (nSPS) is 23.1. The van der Waals surface area contributed by atoms with Gasteiger partial charge in [-0.2, -0.15) is 0 Å². The molecule has 0 radical (unpaired) electrons. The molecular formula is C15H14N2O. The topological polar surface area (TPSA) is 36.1 Å². The Kier molecular flexibility index (Phi) is 1.87. The molecule has 0 bridgehead atoms. The van der Waals surface area contributed by atoms with Gasteiger partial charge in [0.05, 0.1) is 6.54 Å². The van der Waals surface area contributed by atoms with Crippen LogP contribution in [0.4, 0.5) is 0 Å². The summed E-state index contributed by atoms with van der Waals surface area (Å²) in [6, 6.07) is 6.62. The van der Waals surface area contributed by atoms with Gasteiger partial charge in [0.2, 0.25) is 0 Å². The fourth-order valence-electron chi connectivity index (χ4n) is 3.30. The lowest BCUT2D eigenvalue weighted by Gasteiger charge is -2.36. The van der Waals surface area contributed by atoms with E-state index in [1.165, 1.54) is 27.6 Å². The third-order valence-corrected chi connectivity index (χ3v) is 4.12. The van der Waals surface area contributed by atoms with Crippen molar-refractivity contribution in [2.24, 2.45) is 0 Å². The van der Waals surface area contributed by atoms with Gasteiger partial charge in [-0.05, 0) is 42.3 Å². The van der Waals surface area contributed by atoms with Crippen LogP contribution in [-0.4, -0.2) is 35.3 Å². The Morgan fingerprint density at radius 3 is 3.17 bits per heavy atom. The molecule has 1 aromatic heterocycles. The van der Waals surface area contributed by atoms with Crippen LogP contribution in [0, 0.1) is 0 Å². The smallest absolute Gasteiger partial charge is 0.170 e. The predicted molar refractivity (Wildman–Crippen MR) is 71.4 cm³/mol. The molecule has 4 rings (SSSR count). The van der Waals surface area contributed by atoms with Gasteiger partial charge in [-0.3, -0.25) is 9.69 Å². The van der Waals surface area contributed by atoms with Gasteiger partial charge in [0.1, 0.15) is 0 Å². The zero-order valence-electron chi connectivity index (χ0n) is 10.2. The minimum absolute atomic E-state index is 0.208. The van der Waals surface area contributed by atoms with Crippen LogP contribution in [0.15, 0.2) is 30.5 Å². The summed E-state index contributed by atoms with van der Waals surface area (Å²) < 4.78 is 0. The highest BCUT2D eigenvalue weighted by Crippen LogP contribution is 2.39. The van der Waals surface area contributed by atoms with Crippen LogP contribution in [0.5, 0.6) is 0 Å². The molecule has 0 spiro atoms. The zero-order chi connectivity index (χ0) is 12.3. The van der Waals surface area contributed by atoms with Crippen molar-refractivity contribution in [1.29, 1.82) is 0 Å². The van der Waals surface area contributed by atoms with Crippen LogP contribution < -0.4 is 0 Å². The first-order valence-corrected chi connectivity index (χ1v) is 6.28. The average molecular weight is 238 g/mol. The average Bonchev–Trinajstić information content (AvgIpc) is 2.76. The van der Waals surface area contributed by atoms with E-state index >= 15 is 0 Å². The summed E-state index contributed by atoms with van der Waals surface area (Å²) in [5, 5.41) is 1.29. The molecule has 18 heavy (non-hydrogen) atoms. The van der Waals surface area contributed by atoms with Gasteiger partial charge < -0.3 is 4.98 Å². The summed E-state index contributed by atoms with van der Waals surface area (Å²) >= 11 is 0. The summed E-state index contributed by atoms with van der Waals surface area (Å²) in [6.07, 6.45) is 4.94. The van der Waals surface area contributed by atoms with Gasteiger partial charge in [-0.1, -0.05) is 12.1 Å². The molecule has 1 N–H and O–H groups in total. The van der Waals surface area contributed by atoms with E-state index in [0.717, 1.165) is 6.42 Å². The van der Waals surface area contributed by atoms with E-state index in [9.17, 15) is 4.79 Å². The molecule has 2 heterocycles. The second-order valence-corrected chi connectivity index (χ2v) is 5.24. The number of hydrogen-bond acceptors (Lipinski definition) is 2. The maximum Gasteiger partial charge on any atom is 0.170 e. The van der Waals surface area contributed by atoms with Crippen LogP contribution in [0.1, 0.15) is 11.1 Å². The van der Waals surface area contributed by atoms with Gasteiger partial charge in [0, 0.05) is 23.1 Å². The number of nitrogens with zero attached hydrogens (tertiary/aromatic N) is 1. The molecule has 90 valence electrons. The van der Waals surface area contributed by atoms with E-state index in [4.69, 9.17) is 0 Å². The van der Waals surface area contributed by atoms with E-state index in [1.54, 1.807) is 0 Å². The highest BCUT2D eigenvalue weighted by molar-refractivity contribution is 6.06. The summed E-state index contributed by atoms with van der Waals surface area (Å²) in [7, 11) is 2.04. The monoisotopic (exact) mass is 238 g/mol. The van der Waals surface area contributed by atoms with Crippen molar-refractivity contribution in [2.45, 2.75) is 12.5 Å². The number of carbonyl (C=O) groups excluding carboxylic acids is 1. The van der Waals surface area contributed by atoms with E-state index in [-0.39, 0.29) is 5.78 Å². The molecule has 0 unspecified atom stereocenters. The quantitative estimate of drug-likeness (QED) is 0.762. The van der Waals surface area contributed by atoms with E-state index in [1.807, 2.05) is 13.1 Å². The van der Waals surface area contributed by atoms with Crippen molar-refractivity contribution in [3.8, 4) is 0 Å². The number of aromatic nitrogens is 1. The first kappa shape index (κ1) is 10.1. The summed E-state index contributed by atoms with van der Waals surface area (Å²) in [4.78, 5) is 17.3. The highest BCUT2D eigenvalue weighted by Gasteiger charge is 2.32. The summed E-state index contributed by atoms with van der Waals surface area (Å²) in [5.41, 5.74) is 4.94. The first-order chi connectivity index (χ1) is 8.74. The third kappa shape index (κ3) is 1.20. The van der Waals surface area contributed by atoms with Crippen LogP contribution in [0.3, 0.4) is 0 Å². The molecule has 0 saturated heterocycles. The number of hydrogen-bond donors (Lipinski definition) is 1. The second-order valence-electron chi connectivity index (χ2n) is 5.24. The fourth-order valence-corrected chi connectivity index (χ4v) is 3.30. The fraction of sp³-hybridized carbons (Fsp3) is 0.267. The van der Waals surface area contributed by atoms with E-state index in [0.29, 0.717) is 12.6 Å². The Balaban J connectivity index is 2.05. The maximum atomic E-state index is 11.8. The number of carbonyl (C=O) groups is 1. The number of ketones is 1. The Morgan fingerprint density at radius 1 is 1.39 bits per heavy atom. The molecule has 0 amide bonds. The Labute approximate surface area is 105 Å². The number of likely N-dealkylation sites (N-methyl/N-ethyl adjacent to an activating group) is 1. The summed E-state index contributed by atoms with van der Waals surface area (Å²) in [5.74, 6) is 0.208. The van der Waals surface area contributed by atoms with Gasteiger partial charge in [-0.15, -0.1) is 0 Å². The van der Waals surface area contributed by atoms with Gasteiger partial charge in [-0.25, -0.2) is 0 Å². The zero-order valence-corrected chi connectivity index (χ0v) is 10.2. The first-order valence-electron chi connectivity index (χ1n) is 6.28. The van der Waals surface area contributed by atoms with Crippen molar-refractivity contribution in [2.75, 3.05) is 13.6 Å². The molecule has 0 saturated carbocycles. The number of benzene rings is 1. The predicted octanol–water partition coefficient (Wildman–Crippen LogP) is 1.99. The number of aromatic amines is 1. The molecule has 1 aromatic carbocycles. The van der Waals surface area contributed by atoms with Gasteiger partial charge >= 0.3 is 0 Å². The molecule has 2 aliphatic rings. The molecule has 0 fully saturated rings. The molecule has 1 aliphatic heterocycles. The molecular weight excluding hydrogens is 224 g/mol. The minimum Gasteiger partial charge on any atom is -0.361 e. The molecule has 3 nitrogen and oxygen atoms in total. The van der Waals surface area contributed by atoms with Crippen molar-refractivity contribution in [3.05, 3.63) is 41.6 Å². The Bertz CT molecular complexity index is 696. The number of fused-ring (bicyclic) bond motifs is 2. The number of H-pyrrole nitrogens is 1. The lowest BCUT2D eigenvalue weighted by molar-refractivity contribution is -0.116. The van der Waals surface area contributed by atoms with Crippen molar-refractivity contribution >= 4 is 22.3 Å². The number of nitrogens with one attached hydrogen (secondary N) is 1. The highest BCUT2D eigenvalue weighted by atomic mass is 16.1. The SMILES string of the molecule is CN1CC(=O)C=C2c3cccc4[nH]cc(c34)C[C@@H]21. The van der Waals surface area contributed by atoms with E-state index < -0.39 is 0 Å². The van der Waals surface area contributed by atoms with Crippen LogP contribution in [-0.2, 0) is 11.2 Å². The minimum atomic E-state index is 0.208. The lowest BCUT2D eigenvalue weighted by Crippen LogP contribution is -2.42. The molecule has 3 heteroatoms. The van der Waals surface area contributed by atoms with Crippen molar-refractivity contribution in [3.63, 3.8) is 0 Å². The largest absolute Gasteiger partial charge is 0.361 e. The molecule has 2 aromatic rings. The van der Waals surface area contributed by atoms with Crippen LogP contribution in [0.25, 0.3) is 16.5 Å². The third-order valence-electron chi connectivity index (χ3n) is 4.12. The van der Waals surface area contributed by atoms with E-state index in [2.05, 4.69) is 34.3 Å².